The third-order valence-electron chi connectivity index (χ3n) is 4.52. The zero-order valence-electron chi connectivity index (χ0n) is 17.8. The maximum atomic E-state index is 9.53. The van der Waals surface area contributed by atoms with Crippen LogP contribution in [0.2, 0.25) is 0 Å². The van der Waals surface area contributed by atoms with E-state index in [9.17, 15) is 5.26 Å². The van der Waals surface area contributed by atoms with Gasteiger partial charge in [-0.25, -0.2) is 9.67 Å². The molecule has 0 saturated carbocycles. The van der Waals surface area contributed by atoms with E-state index >= 15 is 0 Å². The first-order chi connectivity index (χ1) is 14.6. The van der Waals surface area contributed by atoms with Gasteiger partial charge in [0.1, 0.15) is 17.5 Å². The minimum absolute atomic E-state index is 0. The highest BCUT2D eigenvalue weighted by atomic mass is 127. The van der Waals surface area contributed by atoms with Gasteiger partial charge in [-0.1, -0.05) is 18.2 Å². The fourth-order valence-corrected chi connectivity index (χ4v) is 3.89. The highest BCUT2D eigenvalue weighted by Crippen LogP contribution is 2.21. The number of nitrogen functional groups attached to an aromatic ring is 1. The SMILES string of the molecule is CCNC(=NCc1ccc(C)s1)NCCCc1nn(-c2ccccc2)c(N)c1C#N.I. The number of nitrogens with two attached hydrogens (primary N) is 1. The number of nitrogens with one attached hydrogen (secondary N) is 2. The zero-order chi connectivity index (χ0) is 21.3. The molecule has 0 radical (unpaired) electrons. The summed E-state index contributed by atoms with van der Waals surface area (Å²) in [6.07, 6.45) is 1.46. The number of halogens is 1. The lowest BCUT2D eigenvalue weighted by atomic mass is 10.1. The fourth-order valence-electron chi connectivity index (χ4n) is 3.07. The summed E-state index contributed by atoms with van der Waals surface area (Å²) in [4.78, 5) is 7.18. The van der Waals surface area contributed by atoms with E-state index in [1.54, 1.807) is 16.0 Å². The molecule has 0 bridgehead atoms. The molecule has 0 saturated heterocycles. The largest absolute Gasteiger partial charge is 0.382 e. The van der Waals surface area contributed by atoms with Crippen molar-refractivity contribution >= 4 is 47.1 Å². The van der Waals surface area contributed by atoms with Crippen LogP contribution in [0, 0.1) is 18.3 Å². The van der Waals surface area contributed by atoms with E-state index in [0.717, 1.165) is 36.9 Å². The van der Waals surface area contributed by atoms with Gasteiger partial charge in [0.2, 0.25) is 0 Å². The van der Waals surface area contributed by atoms with Crippen LogP contribution in [0.25, 0.3) is 5.69 Å². The Morgan fingerprint density at radius 2 is 2.00 bits per heavy atom. The number of thiophene rings is 1. The molecule has 9 heteroatoms. The van der Waals surface area contributed by atoms with Crippen molar-refractivity contribution in [2.45, 2.75) is 33.2 Å². The minimum atomic E-state index is 0. The van der Waals surface area contributed by atoms with Gasteiger partial charge in [0.05, 0.1) is 17.9 Å². The summed E-state index contributed by atoms with van der Waals surface area (Å²) < 4.78 is 1.63. The Labute approximate surface area is 204 Å². The molecule has 2 aromatic heterocycles. The number of para-hydroxylation sites is 1. The first-order valence-corrected chi connectivity index (χ1v) is 10.8. The maximum absolute atomic E-state index is 9.53. The summed E-state index contributed by atoms with van der Waals surface area (Å²) in [5.41, 5.74) is 8.19. The summed E-state index contributed by atoms with van der Waals surface area (Å²) in [6.45, 7) is 6.32. The van der Waals surface area contributed by atoms with Crippen molar-refractivity contribution in [1.82, 2.24) is 20.4 Å². The van der Waals surface area contributed by atoms with Crippen molar-refractivity contribution in [2.75, 3.05) is 18.8 Å². The normalized spacial score (nSPS) is 10.9. The molecule has 4 N–H and O–H groups in total. The Balaban J connectivity index is 0.00000341. The van der Waals surface area contributed by atoms with Crippen LogP contribution in [-0.4, -0.2) is 28.8 Å². The van der Waals surface area contributed by atoms with Crippen LogP contribution >= 0.6 is 35.3 Å². The van der Waals surface area contributed by atoms with Gasteiger partial charge in [-0.15, -0.1) is 35.3 Å². The van der Waals surface area contributed by atoms with Gasteiger partial charge in [-0.05, 0) is 51.0 Å². The summed E-state index contributed by atoms with van der Waals surface area (Å²) in [7, 11) is 0. The van der Waals surface area contributed by atoms with Crippen molar-refractivity contribution in [2.24, 2.45) is 4.99 Å². The topological polar surface area (TPSA) is 104 Å². The number of benzene rings is 1. The number of anilines is 1. The summed E-state index contributed by atoms with van der Waals surface area (Å²) in [6, 6.07) is 16.0. The van der Waals surface area contributed by atoms with Crippen LogP contribution in [-0.2, 0) is 13.0 Å². The Hall–Kier alpha value is -2.58. The van der Waals surface area contributed by atoms with E-state index in [1.807, 2.05) is 37.3 Å². The molecule has 0 spiro atoms. The number of aryl methyl sites for hydroxylation is 2. The molecular formula is C22H28IN7S. The molecule has 31 heavy (non-hydrogen) atoms. The number of nitriles is 1. The minimum Gasteiger partial charge on any atom is -0.382 e. The molecule has 2 heterocycles. The number of aromatic nitrogens is 2. The van der Waals surface area contributed by atoms with Crippen LogP contribution in [0.15, 0.2) is 47.5 Å². The van der Waals surface area contributed by atoms with Gasteiger partial charge < -0.3 is 16.4 Å². The Morgan fingerprint density at radius 1 is 1.23 bits per heavy atom. The molecule has 3 aromatic rings. The van der Waals surface area contributed by atoms with E-state index in [4.69, 9.17) is 5.73 Å². The number of hydrogen-bond acceptors (Lipinski definition) is 5. The lowest BCUT2D eigenvalue weighted by molar-refractivity contribution is 0.723. The van der Waals surface area contributed by atoms with Crippen LogP contribution in [0.4, 0.5) is 5.82 Å². The molecule has 1 aromatic carbocycles. The van der Waals surface area contributed by atoms with E-state index in [-0.39, 0.29) is 24.0 Å². The fraction of sp³-hybridized carbons (Fsp3) is 0.318. The second-order valence-electron chi connectivity index (χ2n) is 6.80. The second kappa shape index (κ2) is 12.3. The quantitative estimate of drug-likeness (QED) is 0.171. The third kappa shape index (κ3) is 6.70. The smallest absolute Gasteiger partial charge is 0.191 e. The van der Waals surface area contributed by atoms with Crippen LogP contribution in [0.5, 0.6) is 0 Å². The summed E-state index contributed by atoms with van der Waals surface area (Å²) >= 11 is 1.76. The lowest BCUT2D eigenvalue weighted by Gasteiger charge is -2.10. The number of hydrogen-bond donors (Lipinski definition) is 3. The monoisotopic (exact) mass is 549 g/mol. The van der Waals surface area contributed by atoms with Crippen molar-refractivity contribution in [3.8, 4) is 11.8 Å². The van der Waals surface area contributed by atoms with E-state index in [1.165, 1.54) is 9.75 Å². The van der Waals surface area contributed by atoms with Gasteiger partial charge >= 0.3 is 0 Å². The van der Waals surface area contributed by atoms with E-state index in [0.29, 0.717) is 24.3 Å². The first kappa shape index (κ1) is 24.7. The number of nitrogens with zero attached hydrogens (tertiary/aromatic N) is 4. The molecular weight excluding hydrogens is 521 g/mol. The molecule has 0 atom stereocenters. The maximum Gasteiger partial charge on any atom is 0.191 e. The first-order valence-electron chi connectivity index (χ1n) is 10.0. The van der Waals surface area contributed by atoms with Crippen LogP contribution < -0.4 is 16.4 Å². The van der Waals surface area contributed by atoms with Gasteiger partial charge in [0, 0.05) is 22.8 Å². The number of guanidine groups is 1. The van der Waals surface area contributed by atoms with Gasteiger partial charge in [-0.3, -0.25) is 0 Å². The van der Waals surface area contributed by atoms with Crippen molar-refractivity contribution in [3.05, 3.63) is 63.5 Å². The molecule has 7 nitrogen and oxygen atoms in total. The second-order valence-corrected chi connectivity index (χ2v) is 8.18. The summed E-state index contributed by atoms with van der Waals surface area (Å²) in [5.74, 6) is 1.17. The van der Waals surface area contributed by atoms with Crippen LogP contribution in [0.1, 0.15) is 34.4 Å². The molecule has 0 fully saturated rings. The molecule has 3 rings (SSSR count). The predicted molar refractivity (Wildman–Crippen MR) is 138 cm³/mol. The van der Waals surface area contributed by atoms with E-state index < -0.39 is 0 Å². The summed E-state index contributed by atoms with van der Waals surface area (Å²) in [5, 5.41) is 20.7. The average Bonchev–Trinajstić information content (AvgIpc) is 3.32. The Morgan fingerprint density at radius 3 is 2.65 bits per heavy atom. The molecule has 0 unspecified atom stereocenters. The molecule has 0 amide bonds. The molecule has 0 aliphatic heterocycles. The zero-order valence-corrected chi connectivity index (χ0v) is 20.9. The van der Waals surface area contributed by atoms with Gasteiger partial charge in [-0.2, -0.15) is 10.4 Å². The highest BCUT2D eigenvalue weighted by molar-refractivity contribution is 14.0. The van der Waals surface area contributed by atoms with Crippen molar-refractivity contribution in [1.29, 1.82) is 5.26 Å². The third-order valence-corrected chi connectivity index (χ3v) is 5.51. The van der Waals surface area contributed by atoms with Gasteiger partial charge in [0.25, 0.3) is 0 Å². The van der Waals surface area contributed by atoms with E-state index in [2.05, 4.69) is 45.9 Å². The highest BCUT2D eigenvalue weighted by Gasteiger charge is 2.16. The number of rotatable bonds is 8. The van der Waals surface area contributed by atoms with Crippen LogP contribution in [0.3, 0.4) is 0 Å². The Bertz CT molecular complexity index is 1030. The lowest BCUT2D eigenvalue weighted by Crippen LogP contribution is -2.37. The molecule has 0 aliphatic rings. The molecule has 0 aliphatic carbocycles. The average molecular weight is 549 g/mol. The Kier molecular flexibility index (Phi) is 9.81. The van der Waals surface area contributed by atoms with Crippen molar-refractivity contribution in [3.63, 3.8) is 0 Å². The standard InChI is InChI=1S/C22H27N7S.HI/c1-3-25-22(27-15-18-12-11-16(2)30-18)26-13-7-10-20-19(14-23)21(24)29(28-20)17-8-5-4-6-9-17;/h4-6,8-9,11-12H,3,7,10,13,15,24H2,1-2H3,(H2,25,26,27);1H. The number of aliphatic imine (C=N–C) groups is 1. The van der Waals surface area contributed by atoms with Gasteiger partial charge in [0.15, 0.2) is 5.96 Å². The van der Waals surface area contributed by atoms with Crippen molar-refractivity contribution < 1.29 is 0 Å². The molecule has 164 valence electrons. The predicted octanol–water partition coefficient (Wildman–Crippen LogP) is 4.00.